The Morgan fingerprint density at radius 3 is 2.61 bits per heavy atom. The maximum absolute atomic E-state index is 11.5. The maximum Gasteiger partial charge on any atom is 0.336 e. The average molecular weight is 245 g/mol. The Balaban J connectivity index is 2.73. The predicted molar refractivity (Wildman–Crippen MR) is 66.5 cm³/mol. The fourth-order valence-corrected chi connectivity index (χ4v) is 1.34. The van der Waals surface area contributed by atoms with Gasteiger partial charge in [-0.25, -0.2) is 4.79 Å². The molecule has 4 heteroatoms. The molecule has 0 spiro atoms. The van der Waals surface area contributed by atoms with Gasteiger partial charge in [0, 0.05) is 0 Å². The molecule has 1 unspecified atom stereocenters. The summed E-state index contributed by atoms with van der Waals surface area (Å²) in [6.45, 7) is 5.72. The number of carbonyl (C=O) groups is 1. The zero-order valence-corrected chi connectivity index (χ0v) is 10.2. The van der Waals surface area contributed by atoms with Crippen molar-refractivity contribution >= 4 is 5.97 Å². The maximum atomic E-state index is 11.5. The molecule has 0 saturated carbocycles. The van der Waals surface area contributed by atoms with Crippen LogP contribution in [0.25, 0.3) is 0 Å². The van der Waals surface area contributed by atoms with Crippen molar-refractivity contribution in [3.8, 4) is 6.07 Å². The first-order valence-electron chi connectivity index (χ1n) is 5.64. The molecular formula is C14H15NO3. The van der Waals surface area contributed by atoms with E-state index >= 15 is 0 Å². The minimum absolute atomic E-state index is 0.00634. The molecule has 0 fully saturated rings. The van der Waals surface area contributed by atoms with Crippen molar-refractivity contribution < 1.29 is 14.6 Å². The summed E-state index contributed by atoms with van der Waals surface area (Å²) < 4.78 is 4.89. The smallest absolute Gasteiger partial charge is 0.336 e. The summed E-state index contributed by atoms with van der Waals surface area (Å²) in [5.74, 6) is -0.603. The molecular weight excluding hydrogens is 230 g/mol. The van der Waals surface area contributed by atoms with Crippen LogP contribution in [-0.4, -0.2) is 17.7 Å². The topological polar surface area (TPSA) is 70.3 Å². The first-order valence-corrected chi connectivity index (χ1v) is 5.64. The highest BCUT2D eigenvalue weighted by molar-refractivity contribution is 5.89. The molecule has 18 heavy (non-hydrogen) atoms. The zero-order valence-electron chi connectivity index (χ0n) is 10.2. The van der Waals surface area contributed by atoms with E-state index in [0.717, 1.165) is 0 Å². The van der Waals surface area contributed by atoms with E-state index in [1.165, 1.54) is 0 Å². The average Bonchev–Trinajstić information content (AvgIpc) is 2.43. The molecule has 0 radical (unpaired) electrons. The molecule has 0 aromatic heterocycles. The zero-order chi connectivity index (χ0) is 13.5. The van der Waals surface area contributed by atoms with Crippen LogP contribution in [0.2, 0.25) is 0 Å². The molecule has 1 rings (SSSR count). The van der Waals surface area contributed by atoms with Crippen LogP contribution in [-0.2, 0) is 9.53 Å². The van der Waals surface area contributed by atoms with E-state index in [0.29, 0.717) is 24.2 Å². The fraction of sp³-hybridized carbons (Fsp3) is 0.286. The third-order valence-corrected chi connectivity index (χ3v) is 2.39. The Labute approximate surface area is 106 Å². The van der Waals surface area contributed by atoms with Crippen LogP contribution in [0.15, 0.2) is 36.4 Å². The molecule has 1 aromatic carbocycles. The molecule has 0 aliphatic carbocycles. The van der Waals surface area contributed by atoms with Gasteiger partial charge in [0.05, 0.1) is 23.8 Å². The molecule has 0 amide bonds. The Bertz CT molecular complexity index is 471. The summed E-state index contributed by atoms with van der Waals surface area (Å²) in [7, 11) is 0. The van der Waals surface area contributed by atoms with Crippen molar-refractivity contribution in [1.82, 2.24) is 0 Å². The number of aliphatic hydroxyl groups excluding tert-OH is 1. The highest BCUT2D eigenvalue weighted by Crippen LogP contribution is 2.21. The van der Waals surface area contributed by atoms with Gasteiger partial charge in [-0.3, -0.25) is 0 Å². The lowest BCUT2D eigenvalue weighted by Gasteiger charge is -2.13. The van der Waals surface area contributed by atoms with Crippen LogP contribution in [0.4, 0.5) is 0 Å². The van der Waals surface area contributed by atoms with Gasteiger partial charge in [0.1, 0.15) is 6.10 Å². The number of hydrogen-bond donors (Lipinski definition) is 1. The Morgan fingerprint density at radius 1 is 1.50 bits per heavy atom. The van der Waals surface area contributed by atoms with Gasteiger partial charge in [-0.15, -0.1) is 0 Å². The van der Waals surface area contributed by atoms with Crippen molar-refractivity contribution in [1.29, 1.82) is 5.26 Å². The normalized spacial score (nSPS) is 11.4. The van der Waals surface area contributed by atoms with Gasteiger partial charge >= 0.3 is 5.97 Å². The Hall–Kier alpha value is -2.12. The molecule has 1 atom stereocenters. The Morgan fingerprint density at radius 2 is 2.11 bits per heavy atom. The SMILES string of the molecule is C=C(C(=O)OCCC)C(O)c1ccc(C#N)cc1. The highest BCUT2D eigenvalue weighted by Gasteiger charge is 2.19. The largest absolute Gasteiger partial charge is 0.462 e. The van der Waals surface area contributed by atoms with E-state index in [-0.39, 0.29) is 5.57 Å². The van der Waals surface area contributed by atoms with Gasteiger partial charge in [0.15, 0.2) is 0 Å². The molecule has 94 valence electrons. The summed E-state index contributed by atoms with van der Waals surface area (Å²) in [5, 5.41) is 18.6. The monoisotopic (exact) mass is 245 g/mol. The minimum atomic E-state index is -1.11. The number of esters is 1. The fourth-order valence-electron chi connectivity index (χ4n) is 1.34. The Kier molecular flexibility index (Phi) is 5.09. The van der Waals surface area contributed by atoms with E-state index < -0.39 is 12.1 Å². The number of nitrogens with zero attached hydrogens (tertiary/aromatic N) is 1. The van der Waals surface area contributed by atoms with Gasteiger partial charge < -0.3 is 9.84 Å². The van der Waals surface area contributed by atoms with Crippen molar-refractivity contribution in [2.75, 3.05) is 6.61 Å². The molecule has 0 aliphatic heterocycles. The van der Waals surface area contributed by atoms with Gasteiger partial charge in [-0.05, 0) is 24.1 Å². The van der Waals surface area contributed by atoms with E-state index in [2.05, 4.69) is 6.58 Å². The number of carbonyl (C=O) groups excluding carboxylic acids is 1. The van der Waals surface area contributed by atoms with Crippen LogP contribution in [0, 0.1) is 11.3 Å². The summed E-state index contributed by atoms with van der Waals surface area (Å²) >= 11 is 0. The lowest BCUT2D eigenvalue weighted by atomic mass is 10.0. The van der Waals surface area contributed by atoms with Gasteiger partial charge in [0.2, 0.25) is 0 Å². The van der Waals surface area contributed by atoms with Crippen molar-refractivity contribution in [3.05, 3.63) is 47.5 Å². The lowest BCUT2D eigenvalue weighted by Crippen LogP contribution is -2.14. The number of rotatable bonds is 5. The van der Waals surface area contributed by atoms with Crippen LogP contribution in [0.3, 0.4) is 0 Å². The second-order valence-corrected chi connectivity index (χ2v) is 3.80. The number of nitriles is 1. The van der Waals surface area contributed by atoms with E-state index in [1.807, 2.05) is 13.0 Å². The van der Waals surface area contributed by atoms with Crippen LogP contribution < -0.4 is 0 Å². The third-order valence-electron chi connectivity index (χ3n) is 2.39. The second-order valence-electron chi connectivity index (χ2n) is 3.80. The van der Waals surface area contributed by atoms with Crippen molar-refractivity contribution in [2.24, 2.45) is 0 Å². The number of benzene rings is 1. The molecule has 1 N–H and O–H groups in total. The lowest BCUT2D eigenvalue weighted by molar-refractivity contribution is -0.140. The molecule has 0 saturated heterocycles. The predicted octanol–water partition coefficient (Wildman–Crippen LogP) is 2.10. The minimum Gasteiger partial charge on any atom is -0.462 e. The molecule has 0 heterocycles. The summed E-state index contributed by atoms with van der Waals surface area (Å²) in [6, 6.07) is 8.29. The van der Waals surface area contributed by atoms with Gasteiger partial charge in [-0.1, -0.05) is 25.6 Å². The first kappa shape index (κ1) is 13.9. The van der Waals surface area contributed by atoms with E-state index in [1.54, 1.807) is 24.3 Å². The van der Waals surface area contributed by atoms with Crippen LogP contribution >= 0.6 is 0 Å². The summed E-state index contributed by atoms with van der Waals surface area (Å²) in [4.78, 5) is 11.5. The van der Waals surface area contributed by atoms with Gasteiger partial charge in [-0.2, -0.15) is 5.26 Å². The number of hydrogen-bond acceptors (Lipinski definition) is 4. The number of aliphatic hydroxyl groups is 1. The highest BCUT2D eigenvalue weighted by atomic mass is 16.5. The summed E-state index contributed by atoms with van der Waals surface area (Å²) in [5.41, 5.74) is 0.991. The van der Waals surface area contributed by atoms with Gasteiger partial charge in [0.25, 0.3) is 0 Å². The summed E-state index contributed by atoms with van der Waals surface area (Å²) in [6.07, 6.45) is -0.395. The molecule has 0 bridgehead atoms. The number of ether oxygens (including phenoxy) is 1. The van der Waals surface area contributed by atoms with E-state index in [9.17, 15) is 9.90 Å². The standard InChI is InChI=1S/C14H15NO3/c1-3-8-18-14(17)10(2)13(16)12-6-4-11(9-15)5-7-12/h4-7,13,16H,2-3,8H2,1H3. The van der Waals surface area contributed by atoms with Crippen molar-refractivity contribution in [2.45, 2.75) is 19.4 Å². The van der Waals surface area contributed by atoms with Crippen molar-refractivity contribution in [3.63, 3.8) is 0 Å². The van der Waals surface area contributed by atoms with Crippen LogP contribution in [0.1, 0.15) is 30.6 Å². The van der Waals surface area contributed by atoms with Crippen LogP contribution in [0.5, 0.6) is 0 Å². The second kappa shape index (κ2) is 6.58. The third kappa shape index (κ3) is 3.44. The van der Waals surface area contributed by atoms with E-state index in [4.69, 9.17) is 10.00 Å². The molecule has 1 aromatic rings. The quantitative estimate of drug-likeness (QED) is 0.637. The molecule has 4 nitrogen and oxygen atoms in total. The molecule has 0 aliphatic rings. The first-order chi connectivity index (χ1) is 8.60.